The van der Waals surface area contributed by atoms with Gasteiger partial charge in [0, 0.05) is 17.0 Å². The van der Waals surface area contributed by atoms with E-state index < -0.39 is 6.10 Å². The summed E-state index contributed by atoms with van der Waals surface area (Å²) in [5.74, 6) is 1.13. The topological polar surface area (TPSA) is 33.4 Å². The molecule has 0 aliphatic carbocycles. The number of benzene rings is 1. The van der Waals surface area contributed by atoms with Crippen molar-refractivity contribution in [3.63, 3.8) is 0 Å². The number of aliphatic hydroxyl groups is 1. The van der Waals surface area contributed by atoms with E-state index in [1.807, 2.05) is 20.8 Å². The molecule has 4 heteroatoms. The van der Waals surface area contributed by atoms with Crippen LogP contribution >= 0.6 is 11.6 Å². The van der Waals surface area contributed by atoms with Gasteiger partial charge in [0.2, 0.25) is 0 Å². The second-order valence-corrected chi connectivity index (χ2v) is 5.12. The Hall–Kier alpha value is -1.32. The Balaban J connectivity index is 2.28. The quantitative estimate of drug-likeness (QED) is 0.912. The molecular weight excluding hydrogens is 267 g/mol. The van der Waals surface area contributed by atoms with Gasteiger partial charge in [0.25, 0.3) is 0 Å². The first-order valence-electron chi connectivity index (χ1n) is 6.08. The molecule has 1 unspecified atom stereocenters. The number of hydrogen-bond donors (Lipinski definition) is 1. The van der Waals surface area contributed by atoms with Gasteiger partial charge in [-0.2, -0.15) is 0 Å². The minimum absolute atomic E-state index is 0.328. The van der Waals surface area contributed by atoms with E-state index in [9.17, 15) is 9.50 Å². The third-order valence-electron chi connectivity index (χ3n) is 3.38. The molecule has 0 amide bonds. The number of aryl methyl sites for hydroxylation is 2. The predicted octanol–water partition coefficient (Wildman–Crippen LogP) is 4.27. The second-order valence-electron chi connectivity index (χ2n) is 4.71. The fourth-order valence-corrected chi connectivity index (χ4v) is 2.54. The fourth-order valence-electron chi connectivity index (χ4n) is 2.30. The molecule has 2 rings (SSSR count). The zero-order valence-corrected chi connectivity index (χ0v) is 11.9. The zero-order chi connectivity index (χ0) is 14.2. The third-order valence-corrected chi connectivity index (χ3v) is 3.73. The minimum atomic E-state index is -0.708. The lowest BCUT2D eigenvalue weighted by atomic mass is 9.98. The smallest absolute Gasteiger partial charge is 0.124 e. The molecule has 1 aromatic carbocycles. The molecule has 0 aliphatic heterocycles. The average Bonchev–Trinajstić information content (AvgIpc) is 2.57. The summed E-state index contributed by atoms with van der Waals surface area (Å²) in [5, 5.41) is 10.7. The second kappa shape index (κ2) is 5.35. The van der Waals surface area contributed by atoms with Crippen molar-refractivity contribution in [3.8, 4) is 0 Å². The maximum atomic E-state index is 13.0. The lowest BCUT2D eigenvalue weighted by Crippen LogP contribution is -2.04. The van der Waals surface area contributed by atoms with Crippen molar-refractivity contribution < 1.29 is 13.9 Å². The molecule has 0 saturated heterocycles. The summed E-state index contributed by atoms with van der Waals surface area (Å²) in [6.07, 6.45) is -0.375. The van der Waals surface area contributed by atoms with Gasteiger partial charge in [0.1, 0.15) is 17.3 Å². The van der Waals surface area contributed by atoms with Crippen LogP contribution in [0.5, 0.6) is 0 Å². The molecule has 1 N–H and O–H groups in total. The standard InChI is InChI=1S/C15H16ClFO2/c1-8-9(2)19-10(3)15(8)14(18)6-11-4-5-12(17)7-13(11)16/h4-5,7,14,18H,6H2,1-3H3. The number of rotatable bonds is 3. The number of hydrogen-bond acceptors (Lipinski definition) is 2. The lowest BCUT2D eigenvalue weighted by molar-refractivity contribution is 0.176. The largest absolute Gasteiger partial charge is 0.466 e. The summed E-state index contributed by atoms with van der Waals surface area (Å²) in [7, 11) is 0. The summed E-state index contributed by atoms with van der Waals surface area (Å²) in [6, 6.07) is 4.19. The first kappa shape index (κ1) is 14.1. The van der Waals surface area contributed by atoms with E-state index in [-0.39, 0.29) is 5.82 Å². The van der Waals surface area contributed by atoms with Crippen LogP contribution in [0, 0.1) is 26.6 Å². The summed E-state index contributed by atoms with van der Waals surface area (Å²) >= 11 is 5.97. The highest BCUT2D eigenvalue weighted by molar-refractivity contribution is 6.31. The molecule has 0 spiro atoms. The van der Waals surface area contributed by atoms with E-state index in [1.165, 1.54) is 12.1 Å². The highest BCUT2D eigenvalue weighted by Gasteiger charge is 2.20. The third kappa shape index (κ3) is 2.82. The van der Waals surface area contributed by atoms with Crippen LogP contribution in [0.2, 0.25) is 5.02 Å². The van der Waals surface area contributed by atoms with Crippen LogP contribution in [0.15, 0.2) is 22.6 Å². The van der Waals surface area contributed by atoms with Crippen molar-refractivity contribution in [1.29, 1.82) is 0 Å². The Morgan fingerprint density at radius 1 is 1.26 bits per heavy atom. The van der Waals surface area contributed by atoms with Gasteiger partial charge in [0.05, 0.1) is 6.10 Å². The molecule has 0 fully saturated rings. The highest BCUT2D eigenvalue weighted by Crippen LogP contribution is 2.31. The molecule has 102 valence electrons. The minimum Gasteiger partial charge on any atom is -0.466 e. The molecule has 19 heavy (non-hydrogen) atoms. The van der Waals surface area contributed by atoms with Crippen LogP contribution in [0.25, 0.3) is 0 Å². The van der Waals surface area contributed by atoms with Crippen LogP contribution in [0.1, 0.15) is 34.3 Å². The Morgan fingerprint density at radius 3 is 2.47 bits per heavy atom. The summed E-state index contributed by atoms with van der Waals surface area (Å²) in [4.78, 5) is 0. The summed E-state index contributed by atoms with van der Waals surface area (Å²) in [5.41, 5.74) is 2.45. The monoisotopic (exact) mass is 282 g/mol. The first-order valence-corrected chi connectivity index (χ1v) is 6.46. The van der Waals surface area contributed by atoms with E-state index in [0.29, 0.717) is 22.8 Å². The summed E-state index contributed by atoms with van der Waals surface area (Å²) < 4.78 is 18.5. The Bertz CT molecular complexity index is 604. The van der Waals surface area contributed by atoms with Crippen molar-refractivity contribution in [3.05, 3.63) is 57.2 Å². The zero-order valence-electron chi connectivity index (χ0n) is 11.1. The van der Waals surface area contributed by atoms with E-state index in [0.717, 1.165) is 16.9 Å². The molecule has 0 aliphatic rings. The Labute approximate surface area is 116 Å². The lowest BCUT2D eigenvalue weighted by Gasteiger charge is -2.12. The van der Waals surface area contributed by atoms with Gasteiger partial charge in [-0.1, -0.05) is 17.7 Å². The predicted molar refractivity (Wildman–Crippen MR) is 73.0 cm³/mol. The maximum absolute atomic E-state index is 13.0. The molecule has 1 atom stereocenters. The Kier molecular flexibility index (Phi) is 3.97. The van der Waals surface area contributed by atoms with E-state index in [2.05, 4.69) is 0 Å². The van der Waals surface area contributed by atoms with Crippen molar-refractivity contribution in [2.75, 3.05) is 0 Å². The first-order chi connectivity index (χ1) is 8.90. The van der Waals surface area contributed by atoms with E-state index >= 15 is 0 Å². The van der Waals surface area contributed by atoms with Gasteiger partial charge in [-0.3, -0.25) is 0 Å². The molecular formula is C15H16ClFO2. The van der Waals surface area contributed by atoms with Gasteiger partial charge in [-0.25, -0.2) is 4.39 Å². The SMILES string of the molecule is Cc1oc(C)c(C(O)Cc2ccc(F)cc2Cl)c1C. The van der Waals surface area contributed by atoms with Gasteiger partial charge in [0.15, 0.2) is 0 Å². The number of halogens is 2. The molecule has 1 heterocycles. The molecule has 2 aromatic rings. The van der Waals surface area contributed by atoms with Gasteiger partial charge in [-0.15, -0.1) is 0 Å². The maximum Gasteiger partial charge on any atom is 0.124 e. The van der Waals surface area contributed by atoms with Crippen LogP contribution in [0.3, 0.4) is 0 Å². The summed E-state index contributed by atoms with van der Waals surface area (Å²) in [6.45, 7) is 5.60. The van der Waals surface area contributed by atoms with Crippen molar-refractivity contribution in [2.45, 2.75) is 33.3 Å². The van der Waals surface area contributed by atoms with Crippen molar-refractivity contribution in [2.24, 2.45) is 0 Å². The number of aliphatic hydroxyl groups excluding tert-OH is 1. The number of furan rings is 1. The van der Waals surface area contributed by atoms with Crippen molar-refractivity contribution in [1.82, 2.24) is 0 Å². The van der Waals surface area contributed by atoms with E-state index in [4.69, 9.17) is 16.0 Å². The van der Waals surface area contributed by atoms with Gasteiger partial charge < -0.3 is 9.52 Å². The molecule has 0 saturated carbocycles. The van der Waals surface area contributed by atoms with Gasteiger partial charge >= 0.3 is 0 Å². The normalized spacial score (nSPS) is 12.7. The molecule has 1 aromatic heterocycles. The van der Waals surface area contributed by atoms with Crippen LogP contribution in [-0.4, -0.2) is 5.11 Å². The van der Waals surface area contributed by atoms with Crippen LogP contribution < -0.4 is 0 Å². The molecule has 2 nitrogen and oxygen atoms in total. The Morgan fingerprint density at radius 2 is 1.95 bits per heavy atom. The van der Waals surface area contributed by atoms with Gasteiger partial charge in [-0.05, 0) is 44.0 Å². The molecule has 0 radical (unpaired) electrons. The van der Waals surface area contributed by atoms with Crippen LogP contribution in [0.4, 0.5) is 4.39 Å². The van der Waals surface area contributed by atoms with E-state index in [1.54, 1.807) is 6.07 Å². The fraction of sp³-hybridized carbons (Fsp3) is 0.333. The molecule has 0 bridgehead atoms. The highest BCUT2D eigenvalue weighted by atomic mass is 35.5. The average molecular weight is 283 g/mol. The van der Waals surface area contributed by atoms with Crippen molar-refractivity contribution >= 4 is 11.6 Å². The van der Waals surface area contributed by atoms with Crippen LogP contribution in [-0.2, 0) is 6.42 Å².